The number of hydrogen-bond acceptors (Lipinski definition) is 4. The summed E-state index contributed by atoms with van der Waals surface area (Å²) >= 11 is 0. The van der Waals surface area contributed by atoms with Gasteiger partial charge in [-0.2, -0.15) is 4.98 Å². The van der Waals surface area contributed by atoms with Crippen LogP contribution in [0.15, 0.2) is 4.52 Å². The molecule has 0 aliphatic carbocycles. The maximum Gasteiger partial charge on any atom is 0.255 e. The van der Waals surface area contributed by atoms with Crippen molar-refractivity contribution in [3.05, 3.63) is 11.7 Å². The molecule has 4 nitrogen and oxygen atoms in total. The highest BCUT2D eigenvalue weighted by Crippen LogP contribution is 2.16. The Bertz CT molecular complexity index is 219. The Labute approximate surface area is 79.3 Å². The fourth-order valence-electron chi connectivity index (χ4n) is 0.886. The van der Waals surface area contributed by atoms with Crippen molar-refractivity contribution in [2.45, 2.75) is 40.2 Å². The molecule has 4 heteroatoms. The molecular weight excluding hydrogens is 168 g/mol. The highest BCUT2D eigenvalue weighted by Gasteiger charge is 2.14. The largest absolute Gasteiger partial charge is 0.372 e. The minimum Gasteiger partial charge on any atom is -0.372 e. The second kappa shape index (κ2) is 6.60. The van der Waals surface area contributed by atoms with Crippen molar-refractivity contribution in [2.75, 3.05) is 7.11 Å². The first-order valence-corrected chi connectivity index (χ1v) is 4.61. The molecule has 1 heterocycles. The van der Waals surface area contributed by atoms with E-state index in [2.05, 4.69) is 10.1 Å². The van der Waals surface area contributed by atoms with Crippen molar-refractivity contribution in [2.24, 2.45) is 0 Å². The summed E-state index contributed by atoms with van der Waals surface area (Å²) in [6.45, 7) is 7.79. The molecule has 13 heavy (non-hydrogen) atoms. The first-order valence-electron chi connectivity index (χ1n) is 4.61. The summed E-state index contributed by atoms with van der Waals surface area (Å²) < 4.78 is 10.0. The third-order valence-corrected chi connectivity index (χ3v) is 1.47. The van der Waals surface area contributed by atoms with Crippen LogP contribution in [0, 0.1) is 6.92 Å². The van der Waals surface area contributed by atoms with Crippen LogP contribution in [0.1, 0.15) is 45.0 Å². The number of ether oxygens (including phenoxy) is 1. The third kappa shape index (κ3) is 3.55. The van der Waals surface area contributed by atoms with Gasteiger partial charge in [0.15, 0.2) is 5.82 Å². The minimum absolute atomic E-state index is 0.0591. The van der Waals surface area contributed by atoms with Gasteiger partial charge in [-0.15, -0.1) is 0 Å². The van der Waals surface area contributed by atoms with Crippen LogP contribution < -0.4 is 0 Å². The van der Waals surface area contributed by atoms with Gasteiger partial charge < -0.3 is 9.26 Å². The van der Waals surface area contributed by atoms with Crippen LogP contribution in [-0.4, -0.2) is 17.3 Å². The third-order valence-electron chi connectivity index (χ3n) is 1.47. The second-order valence-corrected chi connectivity index (χ2v) is 2.31. The van der Waals surface area contributed by atoms with E-state index >= 15 is 0 Å². The van der Waals surface area contributed by atoms with E-state index < -0.39 is 0 Å². The Hall–Kier alpha value is -0.900. The van der Waals surface area contributed by atoms with Crippen LogP contribution in [0.3, 0.4) is 0 Å². The van der Waals surface area contributed by atoms with Crippen LogP contribution in [0.25, 0.3) is 0 Å². The summed E-state index contributed by atoms with van der Waals surface area (Å²) in [4.78, 5) is 4.05. The molecule has 0 radical (unpaired) electrons. The van der Waals surface area contributed by atoms with Gasteiger partial charge in [0.05, 0.1) is 0 Å². The molecule has 0 fully saturated rings. The Morgan fingerprint density at radius 3 is 2.38 bits per heavy atom. The molecule has 0 saturated heterocycles. The average molecular weight is 186 g/mol. The molecule has 0 saturated carbocycles. The number of rotatable bonds is 3. The highest BCUT2D eigenvalue weighted by molar-refractivity contribution is 4.87. The average Bonchev–Trinajstić information content (AvgIpc) is 2.58. The highest BCUT2D eigenvalue weighted by atomic mass is 16.5. The summed E-state index contributed by atoms with van der Waals surface area (Å²) in [6.07, 6.45) is 0.786. The van der Waals surface area contributed by atoms with Crippen LogP contribution in [0.4, 0.5) is 0 Å². The first-order chi connectivity index (χ1) is 6.27. The van der Waals surface area contributed by atoms with E-state index in [4.69, 9.17) is 9.26 Å². The summed E-state index contributed by atoms with van der Waals surface area (Å²) in [5, 5.41) is 3.67. The van der Waals surface area contributed by atoms with E-state index in [0.29, 0.717) is 11.7 Å². The lowest BCUT2D eigenvalue weighted by Crippen LogP contribution is -1.99. The van der Waals surface area contributed by atoms with Gasteiger partial charge in [-0.05, 0) is 13.3 Å². The molecule has 1 aromatic heterocycles. The topological polar surface area (TPSA) is 48.2 Å². The fraction of sp³-hybridized carbons (Fsp3) is 0.778. The zero-order chi connectivity index (χ0) is 10.3. The molecule has 0 amide bonds. The normalized spacial score (nSPS) is 11.8. The van der Waals surface area contributed by atoms with Crippen molar-refractivity contribution in [1.29, 1.82) is 0 Å². The van der Waals surface area contributed by atoms with Crippen molar-refractivity contribution >= 4 is 0 Å². The van der Waals surface area contributed by atoms with Gasteiger partial charge in [0, 0.05) is 7.11 Å². The molecule has 0 bridgehead atoms. The minimum atomic E-state index is -0.0591. The standard InChI is InChI=1S/C7H12N2O2.C2H6/c1-4-6(10-3)7-8-5(2)9-11-7;1-2/h6H,4H2,1-3H3;1-2H3. The summed E-state index contributed by atoms with van der Waals surface area (Å²) in [6, 6.07) is 0. The Morgan fingerprint density at radius 1 is 1.46 bits per heavy atom. The van der Waals surface area contributed by atoms with E-state index in [0.717, 1.165) is 6.42 Å². The van der Waals surface area contributed by atoms with Gasteiger partial charge in [-0.3, -0.25) is 0 Å². The zero-order valence-corrected chi connectivity index (χ0v) is 9.00. The zero-order valence-electron chi connectivity index (χ0n) is 9.00. The van der Waals surface area contributed by atoms with Crippen molar-refractivity contribution < 1.29 is 9.26 Å². The molecule has 1 atom stereocenters. The van der Waals surface area contributed by atoms with Crippen LogP contribution in [0.5, 0.6) is 0 Å². The van der Waals surface area contributed by atoms with E-state index in [9.17, 15) is 0 Å². The fourth-order valence-corrected chi connectivity index (χ4v) is 0.886. The molecule has 1 rings (SSSR count). The molecule has 1 aromatic rings. The quantitative estimate of drug-likeness (QED) is 0.727. The smallest absolute Gasteiger partial charge is 0.255 e. The van der Waals surface area contributed by atoms with E-state index in [1.807, 2.05) is 20.8 Å². The molecule has 0 aliphatic heterocycles. The van der Waals surface area contributed by atoms with Crippen LogP contribution in [0.2, 0.25) is 0 Å². The molecule has 0 aromatic carbocycles. The number of methoxy groups -OCH3 is 1. The second-order valence-electron chi connectivity index (χ2n) is 2.31. The van der Waals surface area contributed by atoms with Crippen molar-refractivity contribution in [3.8, 4) is 0 Å². The SMILES string of the molecule is CC.CCC(OC)c1nc(C)no1. The van der Waals surface area contributed by atoms with Crippen LogP contribution in [-0.2, 0) is 4.74 Å². The number of aromatic nitrogens is 2. The van der Waals surface area contributed by atoms with Gasteiger partial charge in [0.2, 0.25) is 0 Å². The number of aryl methyl sites for hydroxylation is 1. The van der Waals surface area contributed by atoms with E-state index in [1.54, 1.807) is 14.0 Å². The maximum absolute atomic E-state index is 5.10. The lowest BCUT2D eigenvalue weighted by atomic mass is 10.3. The van der Waals surface area contributed by atoms with Gasteiger partial charge in [0.1, 0.15) is 6.10 Å². The molecular formula is C9H18N2O2. The van der Waals surface area contributed by atoms with Crippen molar-refractivity contribution in [3.63, 3.8) is 0 Å². The summed E-state index contributed by atoms with van der Waals surface area (Å²) in [7, 11) is 1.63. The molecule has 0 aliphatic rings. The summed E-state index contributed by atoms with van der Waals surface area (Å²) in [5.74, 6) is 1.21. The molecule has 0 spiro atoms. The molecule has 76 valence electrons. The van der Waals surface area contributed by atoms with E-state index in [-0.39, 0.29) is 6.10 Å². The Balaban J connectivity index is 0.000000671. The van der Waals surface area contributed by atoms with Crippen LogP contribution >= 0.6 is 0 Å². The van der Waals surface area contributed by atoms with Gasteiger partial charge >= 0.3 is 0 Å². The number of hydrogen-bond donors (Lipinski definition) is 0. The van der Waals surface area contributed by atoms with E-state index in [1.165, 1.54) is 0 Å². The lowest BCUT2D eigenvalue weighted by Gasteiger charge is -2.05. The van der Waals surface area contributed by atoms with Gasteiger partial charge in [-0.25, -0.2) is 0 Å². The number of nitrogens with zero attached hydrogens (tertiary/aromatic N) is 2. The lowest BCUT2D eigenvalue weighted by molar-refractivity contribution is 0.0706. The monoisotopic (exact) mass is 186 g/mol. The maximum atomic E-state index is 5.10. The van der Waals surface area contributed by atoms with Gasteiger partial charge in [-0.1, -0.05) is 25.9 Å². The van der Waals surface area contributed by atoms with Crippen molar-refractivity contribution in [1.82, 2.24) is 10.1 Å². The van der Waals surface area contributed by atoms with Gasteiger partial charge in [0.25, 0.3) is 5.89 Å². The Morgan fingerprint density at radius 2 is 2.08 bits per heavy atom. The predicted octanol–water partition coefficient (Wildman–Crippen LogP) is 2.50. The molecule has 0 N–H and O–H groups in total. The summed E-state index contributed by atoms with van der Waals surface area (Å²) in [5.41, 5.74) is 0. The first kappa shape index (κ1) is 12.1. The Kier molecular flexibility index (Phi) is 6.14. The molecule has 1 unspecified atom stereocenters. The predicted molar refractivity (Wildman–Crippen MR) is 50.4 cm³/mol.